The molecule has 0 aliphatic rings. The van der Waals surface area contributed by atoms with Gasteiger partial charge in [0.15, 0.2) is 0 Å². The van der Waals surface area contributed by atoms with Crippen molar-refractivity contribution in [3.05, 3.63) is 57.7 Å². The fourth-order valence-electron chi connectivity index (χ4n) is 1.94. The fourth-order valence-corrected chi connectivity index (χ4v) is 2.54. The van der Waals surface area contributed by atoms with E-state index in [1.54, 1.807) is 0 Å². The Balaban J connectivity index is 2.10. The summed E-state index contributed by atoms with van der Waals surface area (Å²) in [6, 6.07) is 12.0. The number of alkyl halides is 1. The smallest absolute Gasteiger partial charge is 0.214 e. The Morgan fingerprint density at radius 1 is 1.20 bits per heavy atom. The highest BCUT2D eigenvalue weighted by molar-refractivity contribution is 9.10. The topological polar surface area (TPSA) is 22.1 Å². The number of aromatic nitrogens is 1. The van der Waals surface area contributed by atoms with Gasteiger partial charge in [0, 0.05) is 22.1 Å². The van der Waals surface area contributed by atoms with Gasteiger partial charge in [0.05, 0.1) is 0 Å². The molecule has 0 atom stereocenters. The number of benzene rings is 1. The second-order valence-electron chi connectivity index (χ2n) is 4.61. The van der Waals surface area contributed by atoms with Gasteiger partial charge >= 0.3 is 0 Å². The number of nitrogens with zero attached hydrogens (tertiary/aromatic N) is 1. The number of rotatable bonds is 6. The molecule has 106 valence electrons. The lowest BCUT2D eigenvalue weighted by atomic mass is 10.2. The highest BCUT2D eigenvalue weighted by Gasteiger charge is 2.04. The summed E-state index contributed by atoms with van der Waals surface area (Å²) in [6.07, 6.45) is 2.00. The van der Waals surface area contributed by atoms with Gasteiger partial charge in [-0.15, -0.1) is 11.6 Å². The minimum Gasteiger partial charge on any atom is -0.473 e. The van der Waals surface area contributed by atoms with Crippen molar-refractivity contribution in [2.45, 2.75) is 32.3 Å². The van der Waals surface area contributed by atoms with Gasteiger partial charge < -0.3 is 4.74 Å². The lowest BCUT2D eigenvalue weighted by Crippen LogP contribution is -2.00. The molecule has 0 saturated heterocycles. The molecule has 0 radical (unpaired) electrons. The minimum absolute atomic E-state index is 0.479. The monoisotopic (exact) mass is 353 g/mol. The largest absolute Gasteiger partial charge is 0.473 e. The third-order valence-corrected chi connectivity index (χ3v) is 3.65. The van der Waals surface area contributed by atoms with Gasteiger partial charge in [-0.1, -0.05) is 41.4 Å². The molecule has 0 amide bonds. The maximum Gasteiger partial charge on any atom is 0.214 e. The van der Waals surface area contributed by atoms with Crippen molar-refractivity contribution in [2.24, 2.45) is 0 Å². The van der Waals surface area contributed by atoms with Crippen LogP contribution in [0.3, 0.4) is 0 Å². The van der Waals surface area contributed by atoms with E-state index in [0.29, 0.717) is 18.4 Å². The summed E-state index contributed by atoms with van der Waals surface area (Å²) >= 11 is 9.37. The van der Waals surface area contributed by atoms with E-state index in [4.69, 9.17) is 16.3 Å². The SMILES string of the molecule is CCCc1cc(CCl)cc(OCc2cccc(Br)c2)n1. The predicted octanol–water partition coefficient (Wildman–Crippen LogP) is 5.11. The molecule has 0 spiro atoms. The van der Waals surface area contributed by atoms with Crippen molar-refractivity contribution in [2.75, 3.05) is 0 Å². The van der Waals surface area contributed by atoms with E-state index in [1.165, 1.54) is 0 Å². The first-order chi connectivity index (χ1) is 9.71. The first-order valence-electron chi connectivity index (χ1n) is 6.64. The molecule has 2 aromatic rings. The van der Waals surface area contributed by atoms with Crippen LogP contribution in [0.4, 0.5) is 0 Å². The van der Waals surface area contributed by atoms with Crippen LogP contribution in [0.1, 0.15) is 30.2 Å². The van der Waals surface area contributed by atoms with Gasteiger partial charge in [0.25, 0.3) is 0 Å². The first kappa shape index (κ1) is 15.3. The summed E-state index contributed by atoms with van der Waals surface area (Å²) in [6.45, 7) is 2.64. The fraction of sp³-hybridized carbons (Fsp3) is 0.312. The predicted molar refractivity (Wildman–Crippen MR) is 86.3 cm³/mol. The van der Waals surface area contributed by atoms with Crippen molar-refractivity contribution in [1.82, 2.24) is 4.98 Å². The Hall–Kier alpha value is -1.06. The van der Waals surface area contributed by atoms with Gasteiger partial charge in [-0.3, -0.25) is 0 Å². The normalized spacial score (nSPS) is 10.6. The van der Waals surface area contributed by atoms with Crippen LogP contribution in [0.15, 0.2) is 40.9 Å². The second-order valence-corrected chi connectivity index (χ2v) is 5.79. The van der Waals surface area contributed by atoms with Crippen molar-refractivity contribution in [3.8, 4) is 5.88 Å². The zero-order chi connectivity index (χ0) is 14.4. The quantitative estimate of drug-likeness (QED) is 0.672. The van der Waals surface area contributed by atoms with E-state index in [9.17, 15) is 0 Å². The Kier molecular flexibility index (Phi) is 5.86. The molecule has 1 heterocycles. The van der Waals surface area contributed by atoms with Crippen LogP contribution >= 0.6 is 27.5 Å². The van der Waals surface area contributed by atoms with Crippen LogP contribution < -0.4 is 4.74 Å². The molecule has 0 aliphatic heterocycles. The van der Waals surface area contributed by atoms with Crippen LogP contribution in [-0.4, -0.2) is 4.98 Å². The lowest BCUT2D eigenvalue weighted by Gasteiger charge is -2.09. The van der Waals surface area contributed by atoms with Gasteiger partial charge in [-0.25, -0.2) is 4.98 Å². The zero-order valence-electron chi connectivity index (χ0n) is 11.4. The molecule has 0 N–H and O–H groups in total. The molecule has 0 bridgehead atoms. The third-order valence-electron chi connectivity index (χ3n) is 2.85. The number of aryl methyl sites for hydroxylation is 1. The molecule has 2 nitrogen and oxygen atoms in total. The molecule has 20 heavy (non-hydrogen) atoms. The van der Waals surface area contributed by atoms with Crippen LogP contribution in [0, 0.1) is 0 Å². The van der Waals surface area contributed by atoms with E-state index >= 15 is 0 Å². The molecule has 0 saturated carbocycles. The number of hydrogen-bond acceptors (Lipinski definition) is 2. The molecular weight excluding hydrogens is 338 g/mol. The second kappa shape index (κ2) is 7.65. The minimum atomic E-state index is 0.479. The lowest BCUT2D eigenvalue weighted by molar-refractivity contribution is 0.292. The molecule has 0 unspecified atom stereocenters. The molecule has 2 rings (SSSR count). The average Bonchev–Trinajstić information content (AvgIpc) is 2.45. The highest BCUT2D eigenvalue weighted by Crippen LogP contribution is 2.18. The number of pyridine rings is 1. The van der Waals surface area contributed by atoms with Gasteiger partial charge in [-0.2, -0.15) is 0 Å². The summed E-state index contributed by atoms with van der Waals surface area (Å²) in [5, 5.41) is 0. The number of hydrogen-bond donors (Lipinski definition) is 0. The summed E-state index contributed by atoms with van der Waals surface area (Å²) in [5.74, 6) is 1.12. The van der Waals surface area contributed by atoms with Crippen molar-refractivity contribution in [1.29, 1.82) is 0 Å². The van der Waals surface area contributed by atoms with E-state index < -0.39 is 0 Å². The Morgan fingerprint density at radius 2 is 2.05 bits per heavy atom. The molecule has 4 heteroatoms. The van der Waals surface area contributed by atoms with Crippen molar-refractivity contribution < 1.29 is 4.74 Å². The van der Waals surface area contributed by atoms with E-state index in [0.717, 1.165) is 34.1 Å². The summed E-state index contributed by atoms with van der Waals surface area (Å²) < 4.78 is 6.83. The molecule has 0 fully saturated rings. The average molecular weight is 355 g/mol. The molecular formula is C16H17BrClNO. The maximum atomic E-state index is 5.92. The Labute approximate surface area is 133 Å². The van der Waals surface area contributed by atoms with Crippen LogP contribution in [0.25, 0.3) is 0 Å². The van der Waals surface area contributed by atoms with Gasteiger partial charge in [0.2, 0.25) is 5.88 Å². The number of halogens is 2. The Morgan fingerprint density at radius 3 is 2.75 bits per heavy atom. The van der Waals surface area contributed by atoms with Gasteiger partial charge in [0.1, 0.15) is 6.61 Å². The molecule has 0 aliphatic carbocycles. The zero-order valence-corrected chi connectivity index (χ0v) is 13.7. The van der Waals surface area contributed by atoms with E-state index in [2.05, 4.69) is 27.8 Å². The first-order valence-corrected chi connectivity index (χ1v) is 7.97. The Bertz CT molecular complexity index is 574. The summed E-state index contributed by atoms with van der Waals surface area (Å²) in [5.41, 5.74) is 3.19. The van der Waals surface area contributed by atoms with Crippen LogP contribution in [0.2, 0.25) is 0 Å². The van der Waals surface area contributed by atoms with Crippen LogP contribution in [0.5, 0.6) is 5.88 Å². The highest BCUT2D eigenvalue weighted by atomic mass is 79.9. The standard InChI is InChI=1S/C16H17BrClNO/c1-2-4-15-8-13(10-18)9-16(19-15)20-11-12-5-3-6-14(17)7-12/h3,5-9H,2,4,10-11H2,1H3. The van der Waals surface area contributed by atoms with Crippen molar-refractivity contribution >= 4 is 27.5 Å². The third kappa shape index (κ3) is 4.50. The van der Waals surface area contributed by atoms with Crippen LogP contribution in [-0.2, 0) is 18.9 Å². The summed E-state index contributed by atoms with van der Waals surface area (Å²) in [7, 11) is 0. The molecule has 1 aromatic carbocycles. The summed E-state index contributed by atoms with van der Waals surface area (Å²) in [4.78, 5) is 4.52. The van der Waals surface area contributed by atoms with Crippen molar-refractivity contribution in [3.63, 3.8) is 0 Å². The van der Waals surface area contributed by atoms with E-state index in [-0.39, 0.29) is 0 Å². The number of ether oxygens (including phenoxy) is 1. The maximum absolute atomic E-state index is 5.92. The molecule has 1 aromatic heterocycles. The van der Waals surface area contributed by atoms with E-state index in [1.807, 2.05) is 36.4 Å². The van der Waals surface area contributed by atoms with Gasteiger partial charge in [-0.05, 0) is 35.7 Å².